The first-order valence-corrected chi connectivity index (χ1v) is 8.57. The predicted molar refractivity (Wildman–Crippen MR) is 97.3 cm³/mol. The topological polar surface area (TPSA) is 103 Å². The standard InChI is InChI=1S/C16H22FN9/c1-9(2)26-8-19-13-14(21-10-4-20-24(3)5-10)22-16(23-15(13)26)25-6-11(17)12(18)7-25/h4-5,8-9,11-12H,6-7,18H2,1-3H3,(H,21,22,23)/t11-,12-/m1/s1. The van der Waals surface area contributed by atoms with Gasteiger partial charge in [-0.2, -0.15) is 15.1 Å². The SMILES string of the molecule is CC(C)n1cnc2c(Nc3cnn(C)c3)nc(N3C[C@@H](N)[C@H](F)C3)nc21. The van der Waals surface area contributed by atoms with Crippen molar-refractivity contribution in [2.24, 2.45) is 12.8 Å². The third-order valence-electron chi connectivity index (χ3n) is 4.51. The van der Waals surface area contributed by atoms with Crippen LogP contribution in [0.15, 0.2) is 18.7 Å². The van der Waals surface area contributed by atoms with Crippen molar-refractivity contribution in [1.29, 1.82) is 0 Å². The average molecular weight is 359 g/mol. The fraction of sp³-hybridized carbons (Fsp3) is 0.500. The van der Waals surface area contributed by atoms with Gasteiger partial charge in [0.15, 0.2) is 17.0 Å². The van der Waals surface area contributed by atoms with Crippen LogP contribution in [0.25, 0.3) is 11.2 Å². The van der Waals surface area contributed by atoms with E-state index in [4.69, 9.17) is 5.73 Å². The molecule has 0 aromatic carbocycles. The van der Waals surface area contributed by atoms with Crippen molar-refractivity contribution in [3.05, 3.63) is 18.7 Å². The van der Waals surface area contributed by atoms with E-state index < -0.39 is 12.2 Å². The number of hydrogen-bond donors (Lipinski definition) is 2. The van der Waals surface area contributed by atoms with Gasteiger partial charge < -0.3 is 20.5 Å². The van der Waals surface area contributed by atoms with Crippen LogP contribution in [0.2, 0.25) is 0 Å². The molecule has 0 aliphatic carbocycles. The lowest BCUT2D eigenvalue weighted by Gasteiger charge is -2.17. The number of hydrogen-bond acceptors (Lipinski definition) is 7. The van der Waals surface area contributed by atoms with Gasteiger partial charge in [0.05, 0.1) is 30.8 Å². The number of aromatic nitrogens is 6. The summed E-state index contributed by atoms with van der Waals surface area (Å²) >= 11 is 0. The molecular formula is C16H22FN9. The van der Waals surface area contributed by atoms with Crippen LogP contribution in [0.3, 0.4) is 0 Å². The van der Waals surface area contributed by atoms with Gasteiger partial charge in [-0.25, -0.2) is 9.37 Å². The highest BCUT2D eigenvalue weighted by atomic mass is 19.1. The van der Waals surface area contributed by atoms with Crippen molar-refractivity contribution in [3.63, 3.8) is 0 Å². The summed E-state index contributed by atoms with van der Waals surface area (Å²) < 4.78 is 17.6. The molecule has 26 heavy (non-hydrogen) atoms. The quantitative estimate of drug-likeness (QED) is 0.725. The highest BCUT2D eigenvalue weighted by Crippen LogP contribution is 2.28. The molecule has 0 radical (unpaired) electrons. The first-order chi connectivity index (χ1) is 12.4. The maximum atomic E-state index is 13.9. The molecular weight excluding hydrogens is 337 g/mol. The van der Waals surface area contributed by atoms with Crippen molar-refractivity contribution in [2.45, 2.75) is 32.1 Å². The van der Waals surface area contributed by atoms with Crippen molar-refractivity contribution in [2.75, 3.05) is 23.3 Å². The molecule has 3 N–H and O–H groups in total. The van der Waals surface area contributed by atoms with Gasteiger partial charge in [0.1, 0.15) is 6.17 Å². The summed E-state index contributed by atoms with van der Waals surface area (Å²) in [5.41, 5.74) is 7.98. The maximum absolute atomic E-state index is 13.9. The van der Waals surface area contributed by atoms with E-state index in [2.05, 4.69) is 39.2 Å². The molecule has 0 saturated carbocycles. The summed E-state index contributed by atoms with van der Waals surface area (Å²) in [6.07, 6.45) is 4.21. The van der Waals surface area contributed by atoms with Crippen LogP contribution in [-0.2, 0) is 7.05 Å². The summed E-state index contributed by atoms with van der Waals surface area (Å²) in [6.45, 7) is 4.69. The first-order valence-electron chi connectivity index (χ1n) is 8.57. The molecule has 1 saturated heterocycles. The predicted octanol–water partition coefficient (Wildman–Crippen LogP) is 1.37. The molecule has 4 heterocycles. The number of halogens is 1. The molecule has 4 rings (SSSR count). The number of rotatable bonds is 4. The Kier molecular flexibility index (Phi) is 3.98. The van der Waals surface area contributed by atoms with Gasteiger partial charge in [-0.05, 0) is 13.8 Å². The Hall–Kier alpha value is -2.75. The highest BCUT2D eigenvalue weighted by molar-refractivity contribution is 5.86. The van der Waals surface area contributed by atoms with E-state index >= 15 is 0 Å². The van der Waals surface area contributed by atoms with E-state index in [1.807, 2.05) is 17.8 Å². The van der Waals surface area contributed by atoms with Crippen LogP contribution in [0.5, 0.6) is 0 Å². The van der Waals surface area contributed by atoms with Crippen LogP contribution in [-0.4, -0.2) is 54.6 Å². The molecule has 1 aliphatic heterocycles. The van der Waals surface area contributed by atoms with Crippen molar-refractivity contribution < 1.29 is 4.39 Å². The Morgan fingerprint density at radius 1 is 1.31 bits per heavy atom. The molecule has 10 heteroatoms. The van der Waals surface area contributed by atoms with Crippen molar-refractivity contribution >= 4 is 28.6 Å². The number of fused-ring (bicyclic) bond motifs is 1. The van der Waals surface area contributed by atoms with E-state index in [0.717, 1.165) is 5.69 Å². The smallest absolute Gasteiger partial charge is 0.229 e. The Bertz CT molecular complexity index is 921. The van der Waals surface area contributed by atoms with Crippen LogP contribution < -0.4 is 16.0 Å². The van der Waals surface area contributed by atoms with E-state index in [1.54, 1.807) is 22.1 Å². The van der Waals surface area contributed by atoms with Crippen LogP contribution in [0, 0.1) is 0 Å². The monoisotopic (exact) mass is 359 g/mol. The van der Waals surface area contributed by atoms with Gasteiger partial charge >= 0.3 is 0 Å². The molecule has 1 aliphatic rings. The molecule has 0 spiro atoms. The molecule has 3 aromatic heterocycles. The van der Waals surface area contributed by atoms with Crippen molar-refractivity contribution in [3.8, 4) is 0 Å². The minimum absolute atomic E-state index is 0.184. The second kappa shape index (κ2) is 6.20. The van der Waals surface area contributed by atoms with Gasteiger partial charge in [-0.15, -0.1) is 0 Å². The number of aryl methyl sites for hydroxylation is 1. The summed E-state index contributed by atoms with van der Waals surface area (Å²) in [5.74, 6) is 1.01. The fourth-order valence-corrected chi connectivity index (χ4v) is 3.09. The zero-order valence-corrected chi connectivity index (χ0v) is 15.0. The Morgan fingerprint density at radius 3 is 2.73 bits per heavy atom. The summed E-state index contributed by atoms with van der Waals surface area (Å²) in [4.78, 5) is 15.5. The lowest BCUT2D eigenvalue weighted by molar-refractivity contribution is 0.333. The van der Waals surface area contributed by atoms with Gasteiger partial charge in [-0.1, -0.05) is 0 Å². The van der Waals surface area contributed by atoms with Crippen molar-refractivity contribution in [1.82, 2.24) is 29.3 Å². The fourth-order valence-electron chi connectivity index (χ4n) is 3.09. The Morgan fingerprint density at radius 2 is 2.12 bits per heavy atom. The second-order valence-corrected chi connectivity index (χ2v) is 6.90. The van der Waals surface area contributed by atoms with Crippen LogP contribution >= 0.6 is 0 Å². The van der Waals surface area contributed by atoms with E-state index in [1.165, 1.54) is 0 Å². The number of nitrogens with one attached hydrogen (secondary N) is 1. The Balaban J connectivity index is 1.80. The highest BCUT2D eigenvalue weighted by Gasteiger charge is 2.32. The molecule has 0 unspecified atom stereocenters. The lowest BCUT2D eigenvalue weighted by atomic mass is 10.3. The average Bonchev–Trinajstić information content (AvgIpc) is 3.27. The van der Waals surface area contributed by atoms with Crippen LogP contribution in [0.4, 0.5) is 21.8 Å². The van der Waals surface area contributed by atoms with Crippen LogP contribution in [0.1, 0.15) is 19.9 Å². The zero-order chi connectivity index (χ0) is 18.4. The number of alkyl halides is 1. The minimum atomic E-state index is -1.08. The van der Waals surface area contributed by atoms with Gasteiger partial charge in [-0.3, -0.25) is 4.68 Å². The largest absolute Gasteiger partial charge is 0.336 e. The second-order valence-electron chi connectivity index (χ2n) is 6.90. The molecule has 3 aromatic rings. The summed E-state index contributed by atoms with van der Waals surface area (Å²) in [6, 6.07) is -0.345. The van der Waals surface area contributed by atoms with E-state index in [-0.39, 0.29) is 12.6 Å². The van der Waals surface area contributed by atoms with Gasteiger partial charge in [0, 0.05) is 25.8 Å². The number of imidazole rings is 1. The molecule has 138 valence electrons. The molecule has 0 amide bonds. The summed E-state index contributed by atoms with van der Waals surface area (Å²) in [5, 5.41) is 7.40. The lowest BCUT2D eigenvalue weighted by Crippen LogP contribution is -2.30. The summed E-state index contributed by atoms with van der Waals surface area (Å²) in [7, 11) is 1.84. The normalized spacial score (nSPS) is 20.5. The third-order valence-corrected chi connectivity index (χ3v) is 4.51. The maximum Gasteiger partial charge on any atom is 0.229 e. The molecule has 1 fully saturated rings. The number of nitrogens with two attached hydrogens (primary N) is 1. The molecule has 9 nitrogen and oxygen atoms in total. The third kappa shape index (κ3) is 2.85. The molecule has 0 bridgehead atoms. The number of anilines is 3. The zero-order valence-electron chi connectivity index (χ0n) is 15.0. The van der Waals surface area contributed by atoms with Gasteiger partial charge in [0.2, 0.25) is 5.95 Å². The van der Waals surface area contributed by atoms with E-state index in [0.29, 0.717) is 29.5 Å². The number of nitrogens with zero attached hydrogens (tertiary/aromatic N) is 7. The van der Waals surface area contributed by atoms with Gasteiger partial charge in [0.25, 0.3) is 0 Å². The first kappa shape index (κ1) is 16.7. The van der Waals surface area contributed by atoms with E-state index in [9.17, 15) is 4.39 Å². The molecule has 2 atom stereocenters. The Labute approximate surface area is 150 Å². The minimum Gasteiger partial charge on any atom is -0.336 e.